The molecule has 556 valence electrons. The van der Waals surface area contributed by atoms with E-state index in [2.05, 4.69) is 115 Å². The molecule has 0 bridgehead atoms. The molecule has 5 aromatic carbocycles. The molecule has 11 heterocycles. The summed E-state index contributed by atoms with van der Waals surface area (Å²) in [6, 6.07) is 27.7. The van der Waals surface area contributed by atoms with Crippen molar-refractivity contribution in [2.75, 3.05) is 65.4 Å². The number of likely N-dealkylation sites (tertiary alicyclic amines) is 5. The van der Waals surface area contributed by atoms with Gasteiger partial charge in [-0.05, 0) is 93.2 Å². The fourth-order valence-electron chi connectivity index (χ4n) is 11.8. The molecule has 16 rings (SSSR count). The monoisotopic (exact) mass is 1880 g/mol. The largest absolute Gasteiger partial charge is 0.521 e. The first-order valence-electron chi connectivity index (χ1n) is 35.1. The summed E-state index contributed by atoms with van der Waals surface area (Å²) in [5.41, 5.74) is 2.45. The number of nitrogens with zero attached hydrogens (tertiary/aromatic N) is 10. The maximum absolute atomic E-state index is 12.7. The Balaban J connectivity index is 0.000000178. The van der Waals surface area contributed by atoms with Crippen molar-refractivity contribution in [1.29, 1.82) is 0 Å². The minimum Gasteiger partial charge on any atom is -0.521 e. The smallest absolute Gasteiger partial charge is 0.282 e. The maximum Gasteiger partial charge on any atom is 0.282 e. The van der Waals surface area contributed by atoms with E-state index < -0.39 is 5.54 Å². The number of nitrogens with one attached hydrogen (secondary N) is 6. The van der Waals surface area contributed by atoms with Gasteiger partial charge in [-0.2, -0.15) is 76.8 Å². The summed E-state index contributed by atoms with van der Waals surface area (Å²) in [7, 11) is 0. The Hall–Kier alpha value is -7.35. The van der Waals surface area contributed by atoms with Crippen LogP contribution in [0.15, 0.2) is 160 Å². The van der Waals surface area contributed by atoms with Gasteiger partial charge in [0, 0.05) is 137 Å². The molecule has 4 radical (unpaired) electrons. The Labute approximate surface area is 761 Å². The molecule has 110 heavy (non-hydrogen) atoms. The van der Waals surface area contributed by atoms with Gasteiger partial charge in [0.05, 0.1) is 70.3 Å². The Kier molecular flexibility index (Phi) is 30.0. The number of fused-ring (bicyclic) bond motifs is 5. The van der Waals surface area contributed by atoms with E-state index in [0.717, 1.165) is 14.1 Å². The van der Waals surface area contributed by atoms with Gasteiger partial charge in [0.25, 0.3) is 35.4 Å². The number of para-hydroxylation sites is 5. The normalized spacial score (nSPS) is 16.5. The van der Waals surface area contributed by atoms with Crippen molar-refractivity contribution in [2.24, 2.45) is 0 Å². The second kappa shape index (κ2) is 40.9. The molecule has 6 aliphatic rings. The minimum atomic E-state index is -0.774. The van der Waals surface area contributed by atoms with Crippen LogP contribution in [-0.4, -0.2) is 179 Å². The van der Waals surface area contributed by atoms with Crippen LogP contribution in [0, 0.1) is 48.5 Å². The van der Waals surface area contributed by atoms with E-state index in [1.807, 2.05) is 6.07 Å². The molecule has 6 aliphatic heterocycles. The molecule has 0 saturated carbocycles. The van der Waals surface area contributed by atoms with Crippen molar-refractivity contribution in [1.82, 2.24) is 81.3 Å². The zero-order valence-electron chi connectivity index (χ0n) is 63.7. The van der Waals surface area contributed by atoms with E-state index in [1.54, 1.807) is 109 Å². The number of carbonyl (C=O) groups is 10. The second-order valence-electron chi connectivity index (χ2n) is 24.0. The number of hydrogen-bond acceptors (Lipinski definition) is 21. The van der Waals surface area contributed by atoms with Crippen LogP contribution in [-0.2, 0) is 155 Å². The van der Waals surface area contributed by atoms with Gasteiger partial charge in [0.15, 0.2) is 25.0 Å². The Bertz CT molecular complexity index is 5180. The fraction of sp³-hybridized carbons (Fsp3) is 0.213. The number of carbonyl (C=O) groups excluding carboxylic acids is 10. The van der Waals surface area contributed by atoms with Crippen LogP contribution in [0.3, 0.4) is 0 Å². The molecule has 1 atom stereocenters. The van der Waals surface area contributed by atoms with Crippen LogP contribution in [0.25, 0.3) is 51.1 Å². The van der Waals surface area contributed by atoms with Gasteiger partial charge in [0.1, 0.15) is 5.54 Å². The average molecular weight is 1880 g/mol. The van der Waals surface area contributed by atoms with Crippen molar-refractivity contribution in [3.8, 4) is 0 Å². The van der Waals surface area contributed by atoms with E-state index >= 15 is 0 Å². The first kappa shape index (κ1) is 80.7. The third-order valence-electron chi connectivity index (χ3n) is 17.2. The number of amides is 10. The van der Waals surface area contributed by atoms with Gasteiger partial charge in [-0.15, -0.1) is 56.7 Å². The zero-order chi connectivity index (χ0) is 78.9. The van der Waals surface area contributed by atoms with E-state index in [4.69, 9.17) is 6.85 Å². The number of hydrogen-bond donors (Lipinski definition) is 6. The quantitative estimate of drug-likeness (QED) is 0.0468. The molecule has 35 heteroatoms. The Morgan fingerprint density at radius 2 is 0.736 bits per heavy atom. The van der Waals surface area contributed by atoms with E-state index in [-0.39, 0.29) is 203 Å². The van der Waals surface area contributed by atoms with Crippen molar-refractivity contribution in [3.63, 3.8) is 0 Å². The summed E-state index contributed by atoms with van der Waals surface area (Å²) in [5, 5.41) is 17.2. The average Bonchev–Trinajstić information content (AvgIpc) is 1.61. The molecule has 6 fully saturated rings. The number of rotatable bonds is 13. The van der Waals surface area contributed by atoms with Gasteiger partial charge >= 0.3 is 0 Å². The van der Waals surface area contributed by atoms with Crippen LogP contribution in [0.5, 0.6) is 0 Å². The second-order valence-corrected chi connectivity index (χ2v) is 29.1. The van der Waals surface area contributed by atoms with Crippen LogP contribution in [0.1, 0.15) is 88.0 Å². The third kappa shape index (κ3) is 21.1. The Morgan fingerprint density at radius 1 is 0.418 bits per heavy atom. The van der Waals surface area contributed by atoms with Crippen LogP contribution in [0.2, 0.25) is 0 Å². The first-order chi connectivity index (χ1) is 53.3. The molecule has 1 unspecified atom stereocenters. The van der Waals surface area contributed by atoms with Crippen LogP contribution >= 0.6 is 56.7 Å². The van der Waals surface area contributed by atoms with E-state index in [1.165, 1.54) is 56.7 Å². The third-order valence-corrected chi connectivity index (χ3v) is 22.2. The number of benzene rings is 5. The number of thiazole rings is 5. The molecule has 5 aromatic heterocycles. The van der Waals surface area contributed by atoms with Crippen molar-refractivity contribution in [2.45, 2.75) is 37.6 Å². The summed E-state index contributed by atoms with van der Waals surface area (Å²) in [6.07, 6.45) is 12.1. The summed E-state index contributed by atoms with van der Waals surface area (Å²) < 4.78 is 42.6. The molecular weight excluding hydrogens is 1800 g/mol. The van der Waals surface area contributed by atoms with Crippen LogP contribution < -0.4 is 31.9 Å². The SMILES string of the molecule is [3H]c1ccc2nc(C(=O)N3CC[C-](C(=O)N[C-]=C)C3)sc2c1.[3H]c1ccc2sc(C(=O)N3CC[C-](C(=O)N[C-]=C)C3)nc2c1.[3H]c1cccc2nc(C(=O)N3CCC4(C3)NC(=C)NC4=O)sc12.[3H]c1cccc2nc(C(=O)N3CC[C-](C(=O)N[C-]=C)C3)sc12.[3H]c1cccc2sc(C(=O)N3CC[C-](C(=O)N[C-]=C)C3)nc12.[Y].[Y].[Y].[Y]. The van der Waals surface area contributed by atoms with Crippen LogP contribution in [0.4, 0.5) is 0 Å². The molecule has 10 amide bonds. The zero-order valence-corrected chi connectivity index (χ0v) is 74.1. The number of aromatic nitrogens is 5. The Morgan fingerprint density at radius 3 is 1.13 bits per heavy atom. The summed E-state index contributed by atoms with van der Waals surface area (Å²) in [5.74, 6) is 0.922. The van der Waals surface area contributed by atoms with Crippen molar-refractivity contribution >= 4 is 167 Å². The molecule has 26 nitrogen and oxygen atoms in total. The maximum atomic E-state index is 12.7. The molecule has 0 aliphatic carbocycles. The van der Waals surface area contributed by atoms with Gasteiger partial charge in [-0.25, -0.2) is 24.9 Å². The van der Waals surface area contributed by atoms with Gasteiger partial charge < -0.3 is 99.3 Å². The fourth-order valence-corrected chi connectivity index (χ4v) is 16.4. The van der Waals surface area contributed by atoms with Gasteiger partial charge in [-0.1, -0.05) is 117 Å². The topological polar surface area (TPSA) is 324 Å². The predicted molar refractivity (Wildman–Crippen MR) is 405 cm³/mol. The molecule has 10 aromatic rings. The first-order valence-corrected chi connectivity index (χ1v) is 36.7. The van der Waals surface area contributed by atoms with Gasteiger partial charge in [0.2, 0.25) is 0 Å². The predicted octanol–water partition coefficient (Wildman–Crippen LogP) is 8.18. The van der Waals surface area contributed by atoms with E-state index in [0.29, 0.717) is 206 Å². The van der Waals surface area contributed by atoms with E-state index in [9.17, 15) is 47.9 Å². The standard InChI is InChI=1S/C15H14N4O2S.4C15H13N3O2S.4Y/c1-9-16-14(21)15(18-9)6-7-19(8-15)13(20)12-17-10-4-2-3-5-11(10)22-12;4*1-2-16-13(19)10-7-8-18(9-10)15(20)14-17-11-5-3-4-6-12(11)21-14;;;;/h2-5,18H,1,6-8H2,(H,16,21);4*3-6H,1,7-9H2,(H,16,19);;;;/q;4*-2;;;;/i5T;6T;5T;4T;3T;;;;. The van der Waals surface area contributed by atoms with Gasteiger partial charge in [-0.3, -0.25) is 28.8 Å². The summed E-state index contributed by atoms with van der Waals surface area (Å²) >= 11 is 6.29. The minimum absolute atomic E-state index is 0. The molecular formula is C75H66N16O10S5Y4-8. The summed E-state index contributed by atoms with van der Waals surface area (Å²) in [4.78, 5) is 151. The summed E-state index contributed by atoms with van der Waals surface area (Å²) in [6.45, 7) is 21.0. The van der Waals surface area contributed by atoms with Crippen molar-refractivity contribution < 1.29 is 186 Å². The van der Waals surface area contributed by atoms with Crippen molar-refractivity contribution in [3.05, 3.63) is 233 Å². The molecule has 6 saturated heterocycles. The molecule has 6 N–H and O–H groups in total. The molecule has 1 spiro atoms.